The van der Waals surface area contributed by atoms with Crippen molar-refractivity contribution >= 4 is 23.2 Å². The minimum Gasteiger partial charge on any atom is -0.378 e. The summed E-state index contributed by atoms with van der Waals surface area (Å²) in [6.07, 6.45) is 0. The summed E-state index contributed by atoms with van der Waals surface area (Å²) in [5.74, 6) is 1.24. The summed E-state index contributed by atoms with van der Waals surface area (Å²) >= 11 is 11.5. The second kappa shape index (κ2) is 12.4. The van der Waals surface area contributed by atoms with Crippen molar-refractivity contribution in [3.8, 4) is 0 Å². The molecule has 0 aliphatic rings. The van der Waals surface area contributed by atoms with Crippen molar-refractivity contribution in [2.45, 2.75) is 6.61 Å². The van der Waals surface area contributed by atoms with Crippen LogP contribution in [-0.4, -0.2) is 56.1 Å². The van der Waals surface area contributed by atoms with Crippen LogP contribution >= 0.6 is 23.2 Å². The van der Waals surface area contributed by atoms with Crippen LogP contribution in [0, 0.1) is 0 Å². The third-order valence-electron chi connectivity index (χ3n) is 2.84. The van der Waals surface area contributed by atoms with E-state index in [0.717, 1.165) is 19.6 Å². The van der Waals surface area contributed by atoms with Crippen molar-refractivity contribution in [2.24, 2.45) is 0 Å². The normalized spacial score (nSPS) is 11.2. The Balaban J connectivity index is 1.96. The van der Waals surface area contributed by atoms with Crippen LogP contribution in [0.3, 0.4) is 0 Å². The lowest BCUT2D eigenvalue weighted by molar-refractivity contribution is 0.0334. The Morgan fingerprint density at radius 1 is 0.800 bits per heavy atom. The largest absolute Gasteiger partial charge is 0.378 e. The van der Waals surface area contributed by atoms with E-state index < -0.39 is 0 Å². The molecule has 5 heteroatoms. The Kier molecular flexibility index (Phi) is 11.0. The topological polar surface area (TPSA) is 21.7 Å². The van der Waals surface area contributed by atoms with Crippen LogP contribution < -0.4 is 0 Å². The molecule has 114 valence electrons. The van der Waals surface area contributed by atoms with Crippen LogP contribution in [0.15, 0.2) is 30.3 Å². The molecule has 3 nitrogen and oxygen atoms in total. The summed E-state index contributed by atoms with van der Waals surface area (Å²) < 4.78 is 11.1. The molecule has 1 rings (SSSR count). The van der Waals surface area contributed by atoms with E-state index >= 15 is 0 Å². The maximum Gasteiger partial charge on any atom is 0.0718 e. The number of hydrogen-bond donors (Lipinski definition) is 0. The molecular weight excluding hydrogens is 297 g/mol. The van der Waals surface area contributed by atoms with Crippen LogP contribution in [0.4, 0.5) is 0 Å². The molecule has 0 spiro atoms. The molecule has 1 aromatic carbocycles. The van der Waals surface area contributed by atoms with Crippen LogP contribution in [0.5, 0.6) is 0 Å². The van der Waals surface area contributed by atoms with Crippen LogP contribution in [-0.2, 0) is 16.1 Å². The second-order valence-corrected chi connectivity index (χ2v) is 5.13. The van der Waals surface area contributed by atoms with Crippen LogP contribution in [0.25, 0.3) is 0 Å². The predicted octanol–water partition coefficient (Wildman–Crippen LogP) is 3.00. The van der Waals surface area contributed by atoms with E-state index in [1.165, 1.54) is 5.56 Å². The van der Waals surface area contributed by atoms with Gasteiger partial charge >= 0.3 is 0 Å². The van der Waals surface area contributed by atoms with Crippen molar-refractivity contribution in [1.29, 1.82) is 0 Å². The SMILES string of the molecule is ClCCN(CCCl)CCOCCOCc1ccccc1. The van der Waals surface area contributed by atoms with Gasteiger partial charge in [0.25, 0.3) is 0 Å². The van der Waals surface area contributed by atoms with E-state index in [0.29, 0.717) is 38.2 Å². The number of nitrogens with zero attached hydrogens (tertiary/aromatic N) is 1. The van der Waals surface area contributed by atoms with Gasteiger partial charge in [-0.25, -0.2) is 0 Å². The number of rotatable bonds is 12. The average Bonchev–Trinajstić information content (AvgIpc) is 2.47. The Morgan fingerprint density at radius 2 is 1.45 bits per heavy atom. The summed E-state index contributed by atoms with van der Waals surface area (Å²) in [5, 5.41) is 0. The molecule has 0 saturated heterocycles. The summed E-state index contributed by atoms with van der Waals surface area (Å²) in [5.41, 5.74) is 1.18. The quantitative estimate of drug-likeness (QED) is 0.436. The first-order valence-corrected chi connectivity index (χ1v) is 7.97. The molecule has 0 aliphatic heterocycles. The maximum atomic E-state index is 5.73. The van der Waals surface area contributed by atoms with Crippen molar-refractivity contribution in [3.05, 3.63) is 35.9 Å². The van der Waals surface area contributed by atoms with Crippen LogP contribution in [0.1, 0.15) is 5.56 Å². The van der Waals surface area contributed by atoms with Gasteiger partial charge in [0.2, 0.25) is 0 Å². The van der Waals surface area contributed by atoms with Gasteiger partial charge in [-0.15, -0.1) is 23.2 Å². The van der Waals surface area contributed by atoms with E-state index in [4.69, 9.17) is 32.7 Å². The first-order valence-electron chi connectivity index (χ1n) is 6.90. The zero-order valence-corrected chi connectivity index (χ0v) is 13.3. The van der Waals surface area contributed by atoms with Gasteiger partial charge in [0.05, 0.1) is 26.4 Å². The number of benzene rings is 1. The molecular formula is C15H23Cl2NO2. The molecule has 0 amide bonds. The van der Waals surface area contributed by atoms with E-state index in [-0.39, 0.29) is 0 Å². The summed E-state index contributed by atoms with van der Waals surface area (Å²) in [6.45, 7) is 5.10. The Morgan fingerprint density at radius 3 is 2.10 bits per heavy atom. The van der Waals surface area contributed by atoms with Crippen molar-refractivity contribution in [1.82, 2.24) is 4.90 Å². The maximum absolute atomic E-state index is 5.73. The number of hydrogen-bond acceptors (Lipinski definition) is 3. The summed E-state index contributed by atoms with van der Waals surface area (Å²) in [4.78, 5) is 2.20. The predicted molar refractivity (Wildman–Crippen MR) is 84.8 cm³/mol. The minimum atomic E-state index is 0.611. The van der Waals surface area contributed by atoms with Crippen LogP contribution in [0.2, 0.25) is 0 Å². The highest BCUT2D eigenvalue weighted by atomic mass is 35.5. The molecule has 0 heterocycles. The first kappa shape index (κ1) is 17.7. The van der Waals surface area contributed by atoms with Crippen molar-refractivity contribution < 1.29 is 9.47 Å². The molecule has 0 aromatic heterocycles. The van der Waals surface area contributed by atoms with Gasteiger partial charge in [-0.1, -0.05) is 30.3 Å². The Hall–Kier alpha value is -0.320. The molecule has 0 atom stereocenters. The van der Waals surface area contributed by atoms with E-state index in [2.05, 4.69) is 17.0 Å². The van der Waals surface area contributed by atoms with Gasteiger partial charge in [-0.3, -0.25) is 4.90 Å². The summed E-state index contributed by atoms with van der Waals surface area (Å²) in [6, 6.07) is 10.1. The molecule has 1 aromatic rings. The van der Waals surface area contributed by atoms with Gasteiger partial charge < -0.3 is 9.47 Å². The van der Waals surface area contributed by atoms with E-state index in [1.54, 1.807) is 0 Å². The lowest BCUT2D eigenvalue weighted by Gasteiger charge is -2.19. The highest BCUT2D eigenvalue weighted by Crippen LogP contribution is 2.00. The zero-order chi connectivity index (χ0) is 14.5. The lowest BCUT2D eigenvalue weighted by Crippen LogP contribution is -2.31. The van der Waals surface area contributed by atoms with E-state index in [9.17, 15) is 0 Å². The molecule has 0 saturated carbocycles. The zero-order valence-electron chi connectivity index (χ0n) is 11.8. The highest BCUT2D eigenvalue weighted by molar-refractivity contribution is 6.18. The van der Waals surface area contributed by atoms with Gasteiger partial charge in [0, 0.05) is 31.4 Å². The molecule has 0 fully saturated rings. The molecule has 0 unspecified atom stereocenters. The average molecular weight is 320 g/mol. The number of halogens is 2. The fourth-order valence-electron chi connectivity index (χ4n) is 1.75. The fraction of sp³-hybridized carbons (Fsp3) is 0.600. The van der Waals surface area contributed by atoms with Gasteiger partial charge in [-0.2, -0.15) is 0 Å². The van der Waals surface area contributed by atoms with E-state index in [1.807, 2.05) is 18.2 Å². The summed E-state index contributed by atoms with van der Waals surface area (Å²) in [7, 11) is 0. The van der Waals surface area contributed by atoms with Gasteiger partial charge in [-0.05, 0) is 5.56 Å². The fourth-order valence-corrected chi connectivity index (χ4v) is 2.23. The standard InChI is InChI=1S/C15H23Cl2NO2/c16-6-8-18(9-7-17)10-11-19-12-13-20-14-15-4-2-1-3-5-15/h1-5H,6-14H2. The Labute approximate surface area is 131 Å². The lowest BCUT2D eigenvalue weighted by atomic mass is 10.2. The molecule has 0 radical (unpaired) electrons. The third-order valence-corrected chi connectivity index (χ3v) is 3.17. The van der Waals surface area contributed by atoms with Gasteiger partial charge in [0.15, 0.2) is 0 Å². The monoisotopic (exact) mass is 319 g/mol. The Bertz CT molecular complexity index is 319. The van der Waals surface area contributed by atoms with Crippen molar-refractivity contribution in [3.63, 3.8) is 0 Å². The minimum absolute atomic E-state index is 0.611. The molecule has 0 bridgehead atoms. The molecule has 0 aliphatic carbocycles. The third kappa shape index (κ3) is 8.77. The smallest absolute Gasteiger partial charge is 0.0718 e. The highest BCUT2D eigenvalue weighted by Gasteiger charge is 2.02. The van der Waals surface area contributed by atoms with Crippen molar-refractivity contribution in [2.75, 3.05) is 51.2 Å². The number of ether oxygens (including phenoxy) is 2. The number of alkyl halides is 2. The van der Waals surface area contributed by atoms with Gasteiger partial charge in [0.1, 0.15) is 0 Å². The first-order chi connectivity index (χ1) is 9.86. The second-order valence-electron chi connectivity index (χ2n) is 4.37. The molecule has 0 N–H and O–H groups in total. The molecule has 20 heavy (non-hydrogen) atoms.